The molecule has 2 N–H and O–H groups in total. The fraction of sp³-hybridized carbons (Fsp3) is 0.522. The maximum atomic E-state index is 13.4. The van der Waals surface area contributed by atoms with Gasteiger partial charge in [0.1, 0.15) is 5.60 Å². The third kappa shape index (κ3) is 4.84. The third-order valence-electron chi connectivity index (χ3n) is 5.68. The number of piperidine rings is 1. The molecule has 1 aromatic heterocycles. The molecule has 166 valence electrons. The van der Waals surface area contributed by atoms with Crippen molar-refractivity contribution in [2.75, 3.05) is 18.8 Å². The fourth-order valence-corrected chi connectivity index (χ4v) is 4.05. The lowest BCUT2D eigenvalue weighted by atomic mass is 10.0. The number of benzene rings is 1. The molecular formula is C23H30N4O4. The number of oxazole rings is 1. The summed E-state index contributed by atoms with van der Waals surface area (Å²) in [5.41, 5.74) is 7.47. The van der Waals surface area contributed by atoms with Crippen molar-refractivity contribution < 1.29 is 18.7 Å². The Balaban J connectivity index is 1.45. The van der Waals surface area contributed by atoms with Gasteiger partial charge in [-0.3, -0.25) is 4.79 Å². The van der Waals surface area contributed by atoms with Crippen LogP contribution in [-0.4, -0.2) is 57.6 Å². The summed E-state index contributed by atoms with van der Waals surface area (Å²) in [6.07, 6.45) is 6.19. The van der Waals surface area contributed by atoms with E-state index in [1.807, 2.05) is 25.7 Å². The summed E-state index contributed by atoms with van der Waals surface area (Å²) < 4.78 is 10.8. The normalized spacial score (nSPS) is 17.5. The van der Waals surface area contributed by atoms with Crippen LogP contribution in [0.5, 0.6) is 0 Å². The molecule has 8 nitrogen and oxygen atoms in total. The van der Waals surface area contributed by atoms with Crippen molar-refractivity contribution >= 4 is 17.7 Å². The van der Waals surface area contributed by atoms with E-state index in [0.29, 0.717) is 30.1 Å². The van der Waals surface area contributed by atoms with Crippen molar-refractivity contribution in [3.05, 3.63) is 36.4 Å². The molecule has 2 amide bonds. The summed E-state index contributed by atoms with van der Waals surface area (Å²) in [4.78, 5) is 33.4. The Morgan fingerprint density at radius 3 is 2.39 bits per heavy atom. The number of likely N-dealkylation sites (tertiary alicyclic amines) is 1. The second-order valence-corrected chi connectivity index (χ2v) is 9.31. The van der Waals surface area contributed by atoms with Crippen LogP contribution >= 0.6 is 0 Å². The van der Waals surface area contributed by atoms with Crippen molar-refractivity contribution in [3.8, 4) is 11.3 Å². The Bertz CT molecular complexity index is 939. The van der Waals surface area contributed by atoms with E-state index in [1.165, 1.54) is 6.39 Å². The molecule has 1 aliphatic carbocycles. The summed E-state index contributed by atoms with van der Waals surface area (Å²) in [7, 11) is 0. The van der Waals surface area contributed by atoms with Gasteiger partial charge in [-0.2, -0.15) is 0 Å². The van der Waals surface area contributed by atoms with Gasteiger partial charge < -0.3 is 24.7 Å². The number of carbonyl (C=O) groups excluding carboxylic acids is 2. The van der Waals surface area contributed by atoms with Crippen molar-refractivity contribution in [1.29, 1.82) is 0 Å². The second kappa shape index (κ2) is 8.24. The third-order valence-corrected chi connectivity index (χ3v) is 5.68. The molecule has 1 saturated heterocycles. The van der Waals surface area contributed by atoms with E-state index < -0.39 is 5.60 Å². The second-order valence-electron chi connectivity index (χ2n) is 9.31. The van der Waals surface area contributed by atoms with Gasteiger partial charge in [-0.05, 0) is 64.7 Å². The summed E-state index contributed by atoms with van der Waals surface area (Å²) in [5, 5.41) is 0. The molecule has 4 rings (SSSR count). The summed E-state index contributed by atoms with van der Waals surface area (Å²) in [6, 6.07) is 5.68. The zero-order chi connectivity index (χ0) is 22.2. The van der Waals surface area contributed by atoms with Crippen LogP contribution in [0.3, 0.4) is 0 Å². The summed E-state index contributed by atoms with van der Waals surface area (Å²) in [5.74, 6) is 0.569. The topological polar surface area (TPSA) is 102 Å². The highest BCUT2D eigenvalue weighted by atomic mass is 16.6. The Morgan fingerprint density at radius 2 is 1.84 bits per heavy atom. The van der Waals surface area contributed by atoms with E-state index in [-0.39, 0.29) is 24.1 Å². The zero-order valence-electron chi connectivity index (χ0n) is 18.3. The molecule has 31 heavy (non-hydrogen) atoms. The van der Waals surface area contributed by atoms with Gasteiger partial charge in [0, 0.05) is 42.0 Å². The van der Waals surface area contributed by atoms with E-state index in [9.17, 15) is 9.59 Å². The predicted molar refractivity (Wildman–Crippen MR) is 116 cm³/mol. The van der Waals surface area contributed by atoms with Crippen LogP contribution in [0, 0.1) is 0 Å². The van der Waals surface area contributed by atoms with Crippen LogP contribution in [0.4, 0.5) is 10.5 Å². The van der Waals surface area contributed by atoms with Gasteiger partial charge in [-0.1, -0.05) is 0 Å². The van der Waals surface area contributed by atoms with Gasteiger partial charge in [0.05, 0.1) is 6.20 Å². The van der Waals surface area contributed by atoms with Gasteiger partial charge in [0.15, 0.2) is 12.2 Å². The first-order valence-electron chi connectivity index (χ1n) is 10.8. The Labute approximate surface area is 182 Å². The molecule has 2 heterocycles. The smallest absolute Gasteiger partial charge is 0.410 e. The van der Waals surface area contributed by atoms with Crippen LogP contribution in [0.15, 0.2) is 35.2 Å². The number of carbonyl (C=O) groups is 2. The van der Waals surface area contributed by atoms with Crippen molar-refractivity contribution in [2.45, 2.75) is 64.1 Å². The molecule has 2 aliphatic rings. The molecule has 0 atom stereocenters. The van der Waals surface area contributed by atoms with E-state index >= 15 is 0 Å². The SMILES string of the molecule is CC(C)(C)OC(=O)N1CCC(N(C(=O)c2ccc(-c3cnco3)c(N)c2)C2CC2)CC1. The Morgan fingerprint density at radius 1 is 1.16 bits per heavy atom. The first kappa shape index (κ1) is 21.2. The molecular weight excluding hydrogens is 396 g/mol. The van der Waals surface area contributed by atoms with Crippen LogP contribution in [0.1, 0.15) is 56.8 Å². The van der Waals surface area contributed by atoms with Crippen LogP contribution < -0.4 is 5.73 Å². The lowest BCUT2D eigenvalue weighted by Gasteiger charge is -2.39. The minimum atomic E-state index is -0.512. The van der Waals surface area contributed by atoms with Gasteiger partial charge in [0.2, 0.25) is 0 Å². The maximum Gasteiger partial charge on any atom is 0.410 e. The molecule has 0 spiro atoms. The zero-order valence-corrected chi connectivity index (χ0v) is 18.3. The first-order chi connectivity index (χ1) is 14.7. The lowest BCUT2D eigenvalue weighted by molar-refractivity contribution is 0.0142. The number of rotatable bonds is 4. The molecule has 2 aromatic rings. The maximum absolute atomic E-state index is 13.4. The molecule has 2 fully saturated rings. The van der Waals surface area contributed by atoms with Gasteiger partial charge in [-0.15, -0.1) is 0 Å². The number of anilines is 1. The van der Waals surface area contributed by atoms with E-state index in [4.69, 9.17) is 14.9 Å². The average molecular weight is 427 g/mol. The first-order valence-corrected chi connectivity index (χ1v) is 10.8. The molecule has 0 radical (unpaired) electrons. The highest BCUT2D eigenvalue weighted by Crippen LogP contribution is 2.34. The highest BCUT2D eigenvalue weighted by Gasteiger charge is 2.40. The largest absolute Gasteiger partial charge is 0.444 e. The Kier molecular flexibility index (Phi) is 5.64. The van der Waals surface area contributed by atoms with Crippen LogP contribution in [-0.2, 0) is 4.74 Å². The predicted octanol–water partition coefficient (Wildman–Crippen LogP) is 3.93. The van der Waals surface area contributed by atoms with Crippen LogP contribution in [0.25, 0.3) is 11.3 Å². The average Bonchev–Trinajstić information content (AvgIpc) is 3.39. The molecule has 0 bridgehead atoms. The number of nitrogen functional groups attached to an aromatic ring is 1. The summed E-state index contributed by atoms with van der Waals surface area (Å²) in [6.45, 7) is 6.77. The summed E-state index contributed by atoms with van der Waals surface area (Å²) >= 11 is 0. The number of aromatic nitrogens is 1. The quantitative estimate of drug-likeness (QED) is 0.743. The minimum absolute atomic E-state index is 0.00552. The molecule has 1 saturated carbocycles. The van der Waals surface area contributed by atoms with E-state index in [0.717, 1.165) is 31.2 Å². The minimum Gasteiger partial charge on any atom is -0.444 e. The standard InChI is InChI=1S/C23H30N4O4/c1-23(2,3)31-22(29)26-10-8-17(9-11-26)27(16-5-6-16)21(28)15-4-7-18(19(24)12-15)20-13-25-14-30-20/h4,7,12-14,16-17H,5-6,8-11,24H2,1-3H3. The Hall–Kier alpha value is -3.03. The monoisotopic (exact) mass is 426 g/mol. The molecule has 8 heteroatoms. The van der Waals surface area contributed by atoms with Gasteiger partial charge in [-0.25, -0.2) is 9.78 Å². The highest BCUT2D eigenvalue weighted by molar-refractivity contribution is 5.97. The number of hydrogen-bond acceptors (Lipinski definition) is 6. The van der Waals surface area contributed by atoms with Crippen molar-refractivity contribution in [3.63, 3.8) is 0 Å². The van der Waals surface area contributed by atoms with Crippen LogP contribution in [0.2, 0.25) is 0 Å². The number of hydrogen-bond donors (Lipinski definition) is 1. The number of nitrogens with zero attached hydrogens (tertiary/aromatic N) is 3. The van der Waals surface area contributed by atoms with Crippen molar-refractivity contribution in [1.82, 2.24) is 14.8 Å². The molecule has 0 unspecified atom stereocenters. The molecule has 1 aromatic carbocycles. The fourth-order valence-electron chi connectivity index (χ4n) is 4.05. The number of ether oxygens (including phenoxy) is 1. The van der Waals surface area contributed by atoms with E-state index in [1.54, 1.807) is 29.3 Å². The van der Waals surface area contributed by atoms with Gasteiger partial charge >= 0.3 is 6.09 Å². The molecule has 1 aliphatic heterocycles. The van der Waals surface area contributed by atoms with E-state index in [2.05, 4.69) is 4.98 Å². The lowest BCUT2D eigenvalue weighted by Crippen LogP contribution is -2.50. The number of nitrogens with two attached hydrogens (primary N) is 1. The number of amides is 2. The van der Waals surface area contributed by atoms with Gasteiger partial charge in [0.25, 0.3) is 5.91 Å². The van der Waals surface area contributed by atoms with Crippen molar-refractivity contribution in [2.24, 2.45) is 0 Å².